The molecule has 0 unspecified atom stereocenters. The number of carbonyl (C=O) groups is 1. The molecule has 0 N–H and O–H groups in total. The van der Waals surface area contributed by atoms with Crippen molar-refractivity contribution in [2.45, 2.75) is 31.9 Å². The summed E-state index contributed by atoms with van der Waals surface area (Å²) in [5.41, 5.74) is 0. The van der Waals surface area contributed by atoms with Crippen molar-refractivity contribution in [3.63, 3.8) is 0 Å². The highest BCUT2D eigenvalue weighted by Gasteiger charge is 2.41. The van der Waals surface area contributed by atoms with Gasteiger partial charge in [0.05, 0.1) is 5.92 Å². The number of halogens is 3. The molecule has 0 radical (unpaired) electrons. The standard InChI is InChI=1S/C8H11F3O/c9-8(10,11)7-3-1-6(5-12)2-4-7/h5-7H,1-4H2/t6-,7+. The van der Waals surface area contributed by atoms with Crippen LogP contribution in [0.15, 0.2) is 0 Å². The highest BCUT2D eigenvalue weighted by Crippen LogP contribution is 2.38. The molecule has 1 saturated carbocycles. The highest BCUT2D eigenvalue weighted by atomic mass is 19.4. The largest absolute Gasteiger partial charge is 0.391 e. The lowest BCUT2D eigenvalue weighted by Crippen LogP contribution is -2.28. The second kappa shape index (κ2) is 3.46. The van der Waals surface area contributed by atoms with Gasteiger partial charge in [0.15, 0.2) is 0 Å². The summed E-state index contributed by atoms with van der Waals surface area (Å²) < 4.78 is 36.3. The summed E-state index contributed by atoms with van der Waals surface area (Å²) in [4.78, 5) is 10.2. The van der Waals surface area contributed by atoms with E-state index in [1.54, 1.807) is 0 Å². The molecule has 0 saturated heterocycles. The van der Waals surface area contributed by atoms with Gasteiger partial charge in [-0.05, 0) is 25.7 Å². The fourth-order valence-electron chi connectivity index (χ4n) is 1.58. The Labute approximate surface area is 68.9 Å². The molecule has 70 valence electrons. The SMILES string of the molecule is O=C[C@H]1CC[C@@H](C(F)(F)F)CC1. The van der Waals surface area contributed by atoms with Gasteiger partial charge in [0.1, 0.15) is 6.29 Å². The molecule has 1 aliphatic rings. The molecule has 0 amide bonds. The van der Waals surface area contributed by atoms with Gasteiger partial charge in [-0.3, -0.25) is 0 Å². The molecule has 1 fully saturated rings. The maximum absolute atomic E-state index is 12.1. The molecule has 1 aliphatic carbocycles. The fraction of sp³-hybridized carbons (Fsp3) is 0.875. The molecule has 4 heteroatoms. The molecule has 0 atom stereocenters. The lowest BCUT2D eigenvalue weighted by atomic mass is 9.82. The molecule has 0 aromatic rings. The van der Waals surface area contributed by atoms with Crippen LogP contribution in [0.3, 0.4) is 0 Å². The minimum atomic E-state index is -4.06. The van der Waals surface area contributed by atoms with Gasteiger partial charge in [0, 0.05) is 5.92 Å². The van der Waals surface area contributed by atoms with Crippen LogP contribution in [0, 0.1) is 11.8 Å². The average molecular weight is 180 g/mol. The Bertz CT molecular complexity index is 156. The number of hydrogen-bond acceptors (Lipinski definition) is 1. The topological polar surface area (TPSA) is 17.1 Å². The normalized spacial score (nSPS) is 31.6. The monoisotopic (exact) mass is 180 g/mol. The zero-order chi connectivity index (χ0) is 9.19. The Morgan fingerprint density at radius 2 is 1.58 bits per heavy atom. The van der Waals surface area contributed by atoms with Gasteiger partial charge in [-0.1, -0.05) is 0 Å². The summed E-state index contributed by atoms with van der Waals surface area (Å²) in [6.45, 7) is 0. The number of aldehydes is 1. The summed E-state index contributed by atoms with van der Waals surface area (Å²) >= 11 is 0. The Morgan fingerprint density at radius 3 is 1.92 bits per heavy atom. The Kier molecular flexibility index (Phi) is 2.75. The summed E-state index contributed by atoms with van der Waals surface area (Å²) in [5, 5.41) is 0. The van der Waals surface area contributed by atoms with Gasteiger partial charge < -0.3 is 4.79 Å². The quantitative estimate of drug-likeness (QED) is 0.567. The first-order valence-electron chi connectivity index (χ1n) is 4.06. The van der Waals surface area contributed by atoms with Crippen LogP contribution in [0.4, 0.5) is 13.2 Å². The first kappa shape index (κ1) is 9.55. The van der Waals surface area contributed by atoms with E-state index in [4.69, 9.17) is 0 Å². The Hall–Kier alpha value is -0.540. The third-order valence-corrected chi connectivity index (χ3v) is 2.43. The smallest absolute Gasteiger partial charge is 0.303 e. The average Bonchev–Trinajstić information content (AvgIpc) is 2.03. The predicted octanol–water partition coefficient (Wildman–Crippen LogP) is 2.55. The van der Waals surface area contributed by atoms with E-state index in [1.165, 1.54) is 0 Å². The molecule has 0 aromatic carbocycles. The van der Waals surface area contributed by atoms with Gasteiger partial charge in [0.2, 0.25) is 0 Å². The molecular formula is C8H11F3O. The lowest BCUT2D eigenvalue weighted by Gasteiger charge is -2.26. The lowest BCUT2D eigenvalue weighted by molar-refractivity contribution is -0.184. The summed E-state index contributed by atoms with van der Waals surface area (Å²) in [6, 6.07) is 0. The van der Waals surface area contributed by atoms with Gasteiger partial charge in [0.25, 0.3) is 0 Å². The molecule has 0 heterocycles. The first-order chi connectivity index (χ1) is 5.54. The van der Waals surface area contributed by atoms with Crippen LogP contribution in [0.5, 0.6) is 0 Å². The van der Waals surface area contributed by atoms with Crippen molar-refractivity contribution in [3.8, 4) is 0 Å². The van der Waals surface area contributed by atoms with Crippen LogP contribution in [0.2, 0.25) is 0 Å². The van der Waals surface area contributed by atoms with E-state index in [0.29, 0.717) is 12.8 Å². The molecule has 0 spiro atoms. The number of alkyl halides is 3. The van der Waals surface area contributed by atoms with Gasteiger partial charge in [-0.25, -0.2) is 0 Å². The van der Waals surface area contributed by atoms with Crippen molar-refractivity contribution in [2.24, 2.45) is 11.8 Å². The third kappa shape index (κ3) is 2.22. The van der Waals surface area contributed by atoms with Crippen LogP contribution in [-0.2, 0) is 4.79 Å². The zero-order valence-corrected chi connectivity index (χ0v) is 6.60. The van der Waals surface area contributed by atoms with E-state index in [9.17, 15) is 18.0 Å². The third-order valence-electron chi connectivity index (χ3n) is 2.43. The van der Waals surface area contributed by atoms with E-state index in [2.05, 4.69) is 0 Å². The van der Waals surface area contributed by atoms with E-state index in [-0.39, 0.29) is 18.8 Å². The second-order valence-corrected chi connectivity index (χ2v) is 3.29. The van der Waals surface area contributed by atoms with Crippen molar-refractivity contribution < 1.29 is 18.0 Å². The minimum Gasteiger partial charge on any atom is -0.303 e. The van der Waals surface area contributed by atoms with Crippen molar-refractivity contribution in [1.29, 1.82) is 0 Å². The number of carbonyl (C=O) groups excluding carboxylic acids is 1. The van der Waals surface area contributed by atoms with E-state index in [0.717, 1.165) is 6.29 Å². The van der Waals surface area contributed by atoms with Crippen LogP contribution >= 0.6 is 0 Å². The second-order valence-electron chi connectivity index (χ2n) is 3.29. The first-order valence-corrected chi connectivity index (χ1v) is 4.06. The summed E-state index contributed by atoms with van der Waals surface area (Å²) in [5.74, 6) is -1.31. The van der Waals surface area contributed by atoms with Crippen LogP contribution < -0.4 is 0 Å². The molecular weight excluding hydrogens is 169 g/mol. The maximum Gasteiger partial charge on any atom is 0.391 e. The minimum absolute atomic E-state index is 0.118. The molecule has 12 heavy (non-hydrogen) atoms. The van der Waals surface area contributed by atoms with Gasteiger partial charge in [-0.15, -0.1) is 0 Å². The number of rotatable bonds is 1. The van der Waals surface area contributed by atoms with Crippen molar-refractivity contribution >= 4 is 6.29 Å². The van der Waals surface area contributed by atoms with Crippen LogP contribution in [0.25, 0.3) is 0 Å². The van der Waals surface area contributed by atoms with E-state index >= 15 is 0 Å². The summed E-state index contributed by atoms with van der Waals surface area (Å²) in [7, 11) is 0. The van der Waals surface area contributed by atoms with E-state index in [1.807, 2.05) is 0 Å². The molecule has 0 aromatic heterocycles. The van der Waals surface area contributed by atoms with Crippen molar-refractivity contribution in [2.75, 3.05) is 0 Å². The van der Waals surface area contributed by atoms with Crippen LogP contribution in [-0.4, -0.2) is 12.5 Å². The van der Waals surface area contributed by atoms with E-state index < -0.39 is 12.1 Å². The fourth-order valence-corrected chi connectivity index (χ4v) is 1.58. The molecule has 0 bridgehead atoms. The molecule has 0 aliphatic heterocycles. The van der Waals surface area contributed by atoms with Gasteiger partial charge in [-0.2, -0.15) is 13.2 Å². The summed E-state index contributed by atoms with van der Waals surface area (Å²) in [6.07, 6.45) is -2.26. The van der Waals surface area contributed by atoms with Crippen molar-refractivity contribution in [3.05, 3.63) is 0 Å². The van der Waals surface area contributed by atoms with Crippen molar-refractivity contribution in [1.82, 2.24) is 0 Å². The van der Waals surface area contributed by atoms with Gasteiger partial charge >= 0.3 is 6.18 Å². The Morgan fingerprint density at radius 1 is 1.08 bits per heavy atom. The predicted molar refractivity (Wildman–Crippen MR) is 37.6 cm³/mol. The molecule has 1 rings (SSSR count). The number of hydrogen-bond donors (Lipinski definition) is 0. The molecule has 1 nitrogen and oxygen atoms in total. The Balaban J connectivity index is 2.41. The van der Waals surface area contributed by atoms with Crippen LogP contribution in [0.1, 0.15) is 25.7 Å². The zero-order valence-electron chi connectivity index (χ0n) is 6.60. The maximum atomic E-state index is 12.1. The highest BCUT2D eigenvalue weighted by molar-refractivity contribution is 5.53.